The number of hydrogen-bond acceptors (Lipinski definition) is 6. The second-order valence-corrected chi connectivity index (χ2v) is 8.15. The van der Waals surface area contributed by atoms with E-state index in [9.17, 15) is 0 Å². The molecule has 0 spiro atoms. The Morgan fingerprint density at radius 2 is 1.72 bits per heavy atom. The molecule has 4 rings (SSSR count). The quantitative estimate of drug-likeness (QED) is 0.773. The van der Waals surface area contributed by atoms with E-state index in [1.54, 1.807) is 14.2 Å². The predicted octanol–water partition coefficient (Wildman–Crippen LogP) is 3.44. The van der Waals surface area contributed by atoms with Gasteiger partial charge in [-0.25, -0.2) is 4.98 Å². The summed E-state index contributed by atoms with van der Waals surface area (Å²) in [6.07, 6.45) is 4.24. The molecule has 1 aliphatic heterocycles. The zero-order chi connectivity index (χ0) is 20.2. The van der Waals surface area contributed by atoms with E-state index in [2.05, 4.69) is 27.3 Å². The molecule has 0 amide bonds. The fourth-order valence-corrected chi connectivity index (χ4v) is 4.91. The summed E-state index contributed by atoms with van der Waals surface area (Å²) < 4.78 is 16.7. The first kappa shape index (κ1) is 20.0. The Bertz CT molecular complexity index is 779. The van der Waals surface area contributed by atoms with Crippen molar-refractivity contribution in [2.24, 2.45) is 11.8 Å². The van der Waals surface area contributed by atoms with Crippen LogP contribution in [0.4, 0.5) is 5.82 Å². The van der Waals surface area contributed by atoms with Gasteiger partial charge in [0.25, 0.3) is 0 Å². The number of benzene rings is 1. The van der Waals surface area contributed by atoms with Gasteiger partial charge in [0.2, 0.25) is 0 Å². The monoisotopic (exact) mass is 397 g/mol. The zero-order valence-electron chi connectivity index (χ0n) is 17.5. The molecule has 4 atom stereocenters. The fourth-order valence-electron chi connectivity index (χ4n) is 4.91. The highest BCUT2D eigenvalue weighted by Crippen LogP contribution is 2.39. The molecule has 1 N–H and O–H groups in total. The van der Waals surface area contributed by atoms with E-state index >= 15 is 0 Å². The molecule has 2 aliphatic rings. The number of anilines is 1. The number of nitrogens with one attached hydrogen (secondary N) is 1. The van der Waals surface area contributed by atoms with Gasteiger partial charge in [-0.3, -0.25) is 4.90 Å². The minimum absolute atomic E-state index is 0.218. The van der Waals surface area contributed by atoms with Crippen LogP contribution >= 0.6 is 0 Å². The van der Waals surface area contributed by atoms with Gasteiger partial charge in [-0.2, -0.15) is 0 Å². The molecule has 6 heteroatoms. The van der Waals surface area contributed by atoms with Crippen LogP contribution in [0.15, 0.2) is 42.6 Å². The molecule has 1 aromatic carbocycles. The molecule has 0 unspecified atom stereocenters. The van der Waals surface area contributed by atoms with Crippen LogP contribution in [0.1, 0.15) is 18.4 Å². The molecule has 1 saturated carbocycles. The van der Waals surface area contributed by atoms with Crippen LogP contribution in [0.25, 0.3) is 0 Å². The lowest BCUT2D eigenvalue weighted by atomic mass is 9.77. The average Bonchev–Trinajstić information content (AvgIpc) is 3.14. The number of hydrogen-bond donors (Lipinski definition) is 1. The molecule has 6 nitrogen and oxygen atoms in total. The first-order valence-electron chi connectivity index (χ1n) is 10.3. The van der Waals surface area contributed by atoms with Crippen molar-refractivity contribution in [2.45, 2.75) is 31.5 Å². The summed E-state index contributed by atoms with van der Waals surface area (Å²) in [5.74, 6) is 3.96. The Balaban J connectivity index is 1.42. The van der Waals surface area contributed by atoms with Gasteiger partial charge in [-0.1, -0.05) is 6.07 Å². The topological polar surface area (TPSA) is 55.9 Å². The summed E-state index contributed by atoms with van der Waals surface area (Å²) in [6.45, 7) is 3.14. The summed E-state index contributed by atoms with van der Waals surface area (Å²) in [4.78, 5) is 6.98. The Labute approximate surface area is 173 Å². The molecule has 1 saturated heterocycles. The van der Waals surface area contributed by atoms with E-state index in [1.807, 2.05) is 37.6 Å². The minimum atomic E-state index is 0.218. The van der Waals surface area contributed by atoms with Gasteiger partial charge in [-0.05, 0) is 54.5 Å². The highest BCUT2D eigenvalue weighted by Gasteiger charge is 2.42. The first-order chi connectivity index (χ1) is 14.2. The normalized spacial score (nSPS) is 26.7. The van der Waals surface area contributed by atoms with Crippen molar-refractivity contribution in [3.05, 3.63) is 48.2 Å². The Morgan fingerprint density at radius 3 is 2.34 bits per heavy atom. The average molecular weight is 398 g/mol. The van der Waals surface area contributed by atoms with Crippen molar-refractivity contribution in [3.8, 4) is 11.5 Å². The summed E-state index contributed by atoms with van der Waals surface area (Å²) in [5.41, 5.74) is 1.23. The second-order valence-electron chi connectivity index (χ2n) is 8.15. The van der Waals surface area contributed by atoms with Gasteiger partial charge in [0.15, 0.2) is 0 Å². The third-order valence-electron chi connectivity index (χ3n) is 6.31. The smallest absolute Gasteiger partial charge is 0.126 e. The number of likely N-dealkylation sites (tertiary alicyclic amines) is 1. The SMILES string of the molecule is COc1cc(CN2C[C@H]3C[C@@H](Nc4ccccn4)[C@H](OC)C[C@H]3C2)cc(OC)c1. The van der Waals surface area contributed by atoms with E-state index in [0.717, 1.165) is 49.8 Å². The van der Waals surface area contributed by atoms with Gasteiger partial charge >= 0.3 is 0 Å². The van der Waals surface area contributed by atoms with Gasteiger partial charge in [0, 0.05) is 39.0 Å². The minimum Gasteiger partial charge on any atom is -0.497 e. The van der Waals surface area contributed by atoms with Crippen molar-refractivity contribution >= 4 is 5.82 Å². The van der Waals surface area contributed by atoms with Crippen LogP contribution in [0.2, 0.25) is 0 Å². The molecular formula is C23H31N3O3. The summed E-state index contributed by atoms with van der Waals surface area (Å²) in [7, 11) is 5.22. The van der Waals surface area contributed by atoms with Gasteiger partial charge in [0.1, 0.15) is 17.3 Å². The molecule has 2 heterocycles. The molecule has 0 radical (unpaired) electrons. The lowest BCUT2D eigenvalue weighted by molar-refractivity contribution is 0.0304. The van der Waals surface area contributed by atoms with Gasteiger partial charge < -0.3 is 19.5 Å². The molecule has 2 aromatic rings. The lowest BCUT2D eigenvalue weighted by Gasteiger charge is -2.37. The van der Waals surface area contributed by atoms with Crippen LogP contribution in [-0.2, 0) is 11.3 Å². The largest absolute Gasteiger partial charge is 0.497 e. The molecule has 29 heavy (non-hydrogen) atoms. The fraction of sp³-hybridized carbons (Fsp3) is 0.522. The maximum Gasteiger partial charge on any atom is 0.126 e. The van der Waals surface area contributed by atoms with E-state index < -0.39 is 0 Å². The Hall–Kier alpha value is -2.31. The number of rotatable bonds is 7. The van der Waals surface area contributed by atoms with Gasteiger partial charge in [-0.15, -0.1) is 0 Å². The third-order valence-corrected chi connectivity index (χ3v) is 6.31. The lowest BCUT2D eigenvalue weighted by Crippen LogP contribution is -2.44. The summed E-state index contributed by atoms with van der Waals surface area (Å²) in [6, 6.07) is 12.4. The van der Waals surface area contributed by atoms with E-state index in [1.165, 1.54) is 5.56 Å². The van der Waals surface area contributed by atoms with Crippen LogP contribution < -0.4 is 14.8 Å². The van der Waals surface area contributed by atoms with Crippen LogP contribution in [0, 0.1) is 11.8 Å². The molecule has 0 bridgehead atoms. The number of aromatic nitrogens is 1. The third kappa shape index (κ3) is 4.65. The Kier molecular flexibility index (Phi) is 6.21. The van der Waals surface area contributed by atoms with Crippen LogP contribution in [0.3, 0.4) is 0 Å². The number of fused-ring (bicyclic) bond motifs is 1. The van der Waals surface area contributed by atoms with Crippen LogP contribution in [0.5, 0.6) is 11.5 Å². The summed E-state index contributed by atoms with van der Waals surface area (Å²) in [5, 5.41) is 3.60. The molecule has 1 aromatic heterocycles. The molecule has 156 valence electrons. The molecular weight excluding hydrogens is 366 g/mol. The van der Waals surface area contributed by atoms with Crippen LogP contribution in [-0.4, -0.2) is 56.4 Å². The standard InChI is InChI=1S/C23H31N3O3/c1-27-19-8-16(9-20(12-19)28-2)13-26-14-17-10-21(22(29-3)11-18(17)15-26)25-23-6-4-5-7-24-23/h4-9,12,17-18,21-22H,10-11,13-15H2,1-3H3,(H,24,25)/t17-,18+,21-,22-/m1/s1. The second kappa shape index (κ2) is 9.01. The van der Waals surface area contributed by atoms with Gasteiger partial charge in [0.05, 0.1) is 26.4 Å². The van der Waals surface area contributed by atoms with E-state index in [4.69, 9.17) is 14.2 Å². The summed E-state index contributed by atoms with van der Waals surface area (Å²) >= 11 is 0. The highest BCUT2D eigenvalue weighted by molar-refractivity contribution is 5.38. The Morgan fingerprint density at radius 1 is 1.00 bits per heavy atom. The number of ether oxygens (including phenoxy) is 3. The van der Waals surface area contributed by atoms with E-state index in [0.29, 0.717) is 17.9 Å². The molecule has 1 aliphatic carbocycles. The number of methoxy groups -OCH3 is 3. The van der Waals surface area contributed by atoms with E-state index in [-0.39, 0.29) is 6.10 Å². The maximum atomic E-state index is 5.86. The van der Waals surface area contributed by atoms with Crippen molar-refractivity contribution in [1.29, 1.82) is 0 Å². The van der Waals surface area contributed by atoms with Crippen molar-refractivity contribution in [2.75, 3.05) is 39.7 Å². The molecule has 2 fully saturated rings. The zero-order valence-corrected chi connectivity index (χ0v) is 17.5. The number of nitrogens with zero attached hydrogens (tertiary/aromatic N) is 2. The maximum absolute atomic E-state index is 5.86. The van der Waals surface area contributed by atoms with Crippen molar-refractivity contribution in [3.63, 3.8) is 0 Å². The first-order valence-corrected chi connectivity index (χ1v) is 10.3. The predicted molar refractivity (Wildman–Crippen MR) is 113 cm³/mol. The number of pyridine rings is 1. The van der Waals surface area contributed by atoms with Crippen molar-refractivity contribution < 1.29 is 14.2 Å². The van der Waals surface area contributed by atoms with Crippen molar-refractivity contribution in [1.82, 2.24) is 9.88 Å². The highest BCUT2D eigenvalue weighted by atomic mass is 16.5.